The van der Waals surface area contributed by atoms with E-state index in [1.54, 1.807) is 6.08 Å². The van der Waals surface area contributed by atoms with E-state index in [9.17, 15) is 4.79 Å². The molecule has 2 N–H and O–H groups in total. The Morgan fingerprint density at radius 1 is 1.68 bits per heavy atom. The molecule has 0 aliphatic carbocycles. The van der Waals surface area contributed by atoms with Crippen molar-refractivity contribution in [1.29, 1.82) is 0 Å². The van der Waals surface area contributed by atoms with Crippen LogP contribution in [0, 0.1) is 0 Å². The number of carbonyl (C=O) groups excluding carboxylic acids is 1. The predicted octanol–water partition coefficient (Wildman–Crippen LogP) is 2.23. The molecule has 1 aliphatic heterocycles. The van der Waals surface area contributed by atoms with Gasteiger partial charge in [-0.3, -0.25) is 4.79 Å². The molecule has 0 fully saturated rings. The second kappa shape index (κ2) is 5.89. The summed E-state index contributed by atoms with van der Waals surface area (Å²) in [5.74, 6) is 0.882. The lowest BCUT2D eigenvalue weighted by Gasteiger charge is -2.25. The van der Waals surface area contributed by atoms with E-state index in [-0.39, 0.29) is 17.9 Å². The van der Waals surface area contributed by atoms with Crippen LogP contribution in [0.2, 0.25) is 0 Å². The number of hydrogen-bond donors (Lipinski definition) is 2. The van der Waals surface area contributed by atoms with Gasteiger partial charge in [0.25, 0.3) is 0 Å². The Bertz CT molecular complexity index is 485. The molecule has 4 nitrogen and oxygen atoms in total. The topological polar surface area (TPSA) is 50.4 Å². The molecule has 0 radical (unpaired) electrons. The first-order valence-electron chi connectivity index (χ1n) is 6.55. The van der Waals surface area contributed by atoms with Crippen molar-refractivity contribution < 1.29 is 9.53 Å². The van der Waals surface area contributed by atoms with Gasteiger partial charge in [0.1, 0.15) is 11.9 Å². The summed E-state index contributed by atoms with van der Waals surface area (Å²) in [5.41, 5.74) is 1.58. The van der Waals surface area contributed by atoms with Gasteiger partial charge >= 0.3 is 0 Å². The van der Waals surface area contributed by atoms with E-state index >= 15 is 0 Å². The minimum atomic E-state index is -0.223. The number of ether oxygens (including phenoxy) is 1. The average molecular weight is 260 g/mol. The van der Waals surface area contributed by atoms with E-state index in [4.69, 9.17) is 4.74 Å². The van der Waals surface area contributed by atoms with E-state index in [0.29, 0.717) is 12.1 Å². The van der Waals surface area contributed by atoms with Crippen LogP contribution < -0.4 is 15.4 Å². The van der Waals surface area contributed by atoms with Crippen molar-refractivity contribution in [2.45, 2.75) is 26.0 Å². The molecule has 4 heteroatoms. The lowest BCUT2D eigenvalue weighted by molar-refractivity contribution is 0.0953. The number of anilines is 1. The minimum absolute atomic E-state index is 0.0741. The third-order valence-corrected chi connectivity index (χ3v) is 3.13. The van der Waals surface area contributed by atoms with Crippen LogP contribution in [-0.2, 0) is 0 Å². The van der Waals surface area contributed by atoms with Gasteiger partial charge in [-0.05, 0) is 32.0 Å². The Kier molecular flexibility index (Phi) is 4.22. The Balaban J connectivity index is 2.13. The quantitative estimate of drug-likeness (QED) is 0.629. The average Bonchev–Trinajstić information content (AvgIpc) is 2.43. The Hall–Kier alpha value is -1.81. The van der Waals surface area contributed by atoms with Crippen molar-refractivity contribution in [3.05, 3.63) is 36.4 Å². The minimum Gasteiger partial charge on any atom is -0.487 e. The molecule has 1 aromatic carbocycles. The standard InChI is InChI=1S/C15H20N2O2/c1-4-7-16-11(3)15(18)12-5-6-14-13(8-12)17-9-10(2)19-14/h4-6,8,10-11,16-17H,1,7,9H2,2-3H3. The fourth-order valence-electron chi connectivity index (χ4n) is 2.04. The molecule has 0 saturated heterocycles. The molecule has 102 valence electrons. The summed E-state index contributed by atoms with van der Waals surface area (Å²) in [5, 5.41) is 6.37. The van der Waals surface area contributed by atoms with E-state index in [0.717, 1.165) is 18.0 Å². The van der Waals surface area contributed by atoms with Crippen molar-refractivity contribution in [3.63, 3.8) is 0 Å². The van der Waals surface area contributed by atoms with Crippen LogP contribution in [0.3, 0.4) is 0 Å². The zero-order chi connectivity index (χ0) is 13.8. The van der Waals surface area contributed by atoms with Gasteiger partial charge in [-0.15, -0.1) is 6.58 Å². The SMILES string of the molecule is C=CCNC(C)C(=O)c1ccc2c(c1)NCC(C)O2. The predicted molar refractivity (Wildman–Crippen MR) is 77.0 cm³/mol. The molecule has 2 unspecified atom stereocenters. The molecule has 2 rings (SSSR count). The molecule has 1 aromatic rings. The highest BCUT2D eigenvalue weighted by molar-refractivity contribution is 6.01. The van der Waals surface area contributed by atoms with Crippen LogP contribution in [0.4, 0.5) is 5.69 Å². The number of fused-ring (bicyclic) bond motifs is 1. The van der Waals surface area contributed by atoms with Gasteiger partial charge in [0, 0.05) is 12.1 Å². The van der Waals surface area contributed by atoms with Crippen LogP contribution >= 0.6 is 0 Å². The molecule has 2 atom stereocenters. The summed E-state index contributed by atoms with van der Waals surface area (Å²) in [6, 6.07) is 5.30. The summed E-state index contributed by atoms with van der Waals surface area (Å²) >= 11 is 0. The fourth-order valence-corrected chi connectivity index (χ4v) is 2.04. The third kappa shape index (κ3) is 3.15. The molecule has 0 bridgehead atoms. The number of benzene rings is 1. The summed E-state index contributed by atoms with van der Waals surface area (Å²) in [6.45, 7) is 8.88. The maximum atomic E-state index is 12.2. The van der Waals surface area contributed by atoms with Gasteiger partial charge in [-0.25, -0.2) is 0 Å². The summed E-state index contributed by atoms with van der Waals surface area (Å²) < 4.78 is 5.69. The molecule has 19 heavy (non-hydrogen) atoms. The van der Waals surface area contributed by atoms with Gasteiger partial charge in [0.15, 0.2) is 5.78 Å². The van der Waals surface area contributed by atoms with Gasteiger partial charge in [-0.2, -0.15) is 0 Å². The van der Waals surface area contributed by atoms with Crippen LogP contribution in [-0.4, -0.2) is 31.0 Å². The highest BCUT2D eigenvalue weighted by Gasteiger charge is 2.19. The van der Waals surface area contributed by atoms with Crippen LogP contribution in [0.5, 0.6) is 5.75 Å². The van der Waals surface area contributed by atoms with Crippen molar-refractivity contribution >= 4 is 11.5 Å². The second-order valence-corrected chi connectivity index (χ2v) is 4.80. The van der Waals surface area contributed by atoms with Crippen molar-refractivity contribution in [2.24, 2.45) is 0 Å². The van der Waals surface area contributed by atoms with Crippen molar-refractivity contribution in [1.82, 2.24) is 5.32 Å². The summed E-state index contributed by atoms with van der Waals surface area (Å²) in [6.07, 6.45) is 1.90. The molecule has 0 spiro atoms. The summed E-state index contributed by atoms with van der Waals surface area (Å²) in [4.78, 5) is 12.2. The highest BCUT2D eigenvalue weighted by atomic mass is 16.5. The largest absolute Gasteiger partial charge is 0.487 e. The van der Waals surface area contributed by atoms with Crippen LogP contribution in [0.1, 0.15) is 24.2 Å². The highest BCUT2D eigenvalue weighted by Crippen LogP contribution is 2.30. The van der Waals surface area contributed by atoms with Crippen molar-refractivity contribution in [2.75, 3.05) is 18.4 Å². The molecule has 0 saturated carbocycles. The fraction of sp³-hybridized carbons (Fsp3) is 0.400. The number of hydrogen-bond acceptors (Lipinski definition) is 4. The van der Waals surface area contributed by atoms with E-state index in [1.807, 2.05) is 32.0 Å². The van der Waals surface area contributed by atoms with E-state index < -0.39 is 0 Å². The molecular formula is C15H20N2O2. The molecule has 1 heterocycles. The number of ketones is 1. The maximum absolute atomic E-state index is 12.2. The lowest BCUT2D eigenvalue weighted by Crippen LogP contribution is -2.34. The van der Waals surface area contributed by atoms with Crippen LogP contribution in [0.25, 0.3) is 0 Å². The second-order valence-electron chi connectivity index (χ2n) is 4.80. The zero-order valence-electron chi connectivity index (χ0n) is 11.4. The van der Waals surface area contributed by atoms with Crippen LogP contribution in [0.15, 0.2) is 30.9 Å². The van der Waals surface area contributed by atoms with Gasteiger partial charge < -0.3 is 15.4 Å². The number of rotatable bonds is 5. The van der Waals surface area contributed by atoms with Gasteiger partial charge in [0.05, 0.1) is 18.3 Å². The van der Waals surface area contributed by atoms with Gasteiger partial charge in [0.2, 0.25) is 0 Å². The monoisotopic (exact) mass is 260 g/mol. The first kappa shape index (κ1) is 13.6. The molecule has 0 aromatic heterocycles. The molecule has 1 aliphatic rings. The normalized spacial score (nSPS) is 18.7. The Labute approximate surface area is 113 Å². The number of carbonyl (C=O) groups is 1. The third-order valence-electron chi connectivity index (χ3n) is 3.13. The first-order valence-corrected chi connectivity index (χ1v) is 6.55. The van der Waals surface area contributed by atoms with Crippen molar-refractivity contribution in [3.8, 4) is 5.75 Å². The van der Waals surface area contributed by atoms with Gasteiger partial charge in [-0.1, -0.05) is 6.08 Å². The lowest BCUT2D eigenvalue weighted by atomic mass is 10.0. The van der Waals surface area contributed by atoms with E-state index in [2.05, 4.69) is 17.2 Å². The molecule has 0 amide bonds. The van der Waals surface area contributed by atoms with E-state index in [1.165, 1.54) is 0 Å². The Morgan fingerprint density at radius 3 is 3.21 bits per heavy atom. The maximum Gasteiger partial charge on any atom is 0.179 e. The molecular weight excluding hydrogens is 240 g/mol. The smallest absolute Gasteiger partial charge is 0.179 e. The zero-order valence-corrected chi connectivity index (χ0v) is 11.4. The summed E-state index contributed by atoms with van der Waals surface area (Å²) in [7, 11) is 0. The number of Topliss-reactive ketones (excluding diaryl/α,β-unsaturated/α-hetero) is 1. The number of nitrogens with one attached hydrogen (secondary N) is 2. The first-order chi connectivity index (χ1) is 9.11. The Morgan fingerprint density at radius 2 is 2.47 bits per heavy atom.